The van der Waals surface area contributed by atoms with Gasteiger partial charge in [-0.1, -0.05) is 0 Å². The summed E-state index contributed by atoms with van der Waals surface area (Å²) in [5.74, 6) is 0. The first-order valence-electron chi connectivity index (χ1n) is 1.06. The van der Waals surface area contributed by atoms with E-state index in [1.165, 1.54) is 0 Å². The fraction of sp³-hybridized carbons (Fsp3) is 0. The molecule has 0 aromatic rings. The van der Waals surface area contributed by atoms with Gasteiger partial charge in [-0.25, -0.2) is 0 Å². The fourth-order valence-electron chi connectivity index (χ4n) is 0. The second kappa shape index (κ2) is 16.9. The van der Waals surface area contributed by atoms with Crippen LogP contribution in [0, 0.1) is 0 Å². The van der Waals surface area contributed by atoms with Crippen LogP contribution in [0.3, 0.4) is 0 Å². The first-order chi connectivity index (χ1) is 3.46. The van der Waals surface area contributed by atoms with Crippen molar-refractivity contribution >= 4 is 22.7 Å². The standard InChI is InChI=1S/2H2O3S.2Pt/c2*1-4(2)3;;/h2*(H2,1,2,3);;. The van der Waals surface area contributed by atoms with E-state index < -0.39 is 22.7 Å². The van der Waals surface area contributed by atoms with Gasteiger partial charge in [0.2, 0.25) is 0 Å². The summed E-state index contributed by atoms with van der Waals surface area (Å²) in [5, 5.41) is 0. The molecule has 10 heteroatoms. The van der Waals surface area contributed by atoms with Crippen LogP contribution in [0.25, 0.3) is 0 Å². The second-order valence-corrected chi connectivity index (χ2v) is 1.38. The molecule has 0 spiro atoms. The van der Waals surface area contributed by atoms with Crippen LogP contribution in [0.4, 0.5) is 0 Å². The molecule has 0 unspecified atom stereocenters. The normalized spacial score (nSPS) is 7.00. The first-order valence-corrected chi connectivity index (χ1v) is 3.19. The zero-order valence-corrected chi connectivity index (χ0v) is 10.2. The third-order valence-corrected chi connectivity index (χ3v) is 0. The van der Waals surface area contributed by atoms with Crippen molar-refractivity contribution in [3.8, 4) is 0 Å². The molecule has 6 nitrogen and oxygen atoms in total. The van der Waals surface area contributed by atoms with Gasteiger partial charge in [-0.2, -0.15) is 8.42 Å². The van der Waals surface area contributed by atoms with Gasteiger partial charge >= 0.3 is 0 Å². The van der Waals surface area contributed by atoms with E-state index in [0.29, 0.717) is 0 Å². The average molecular weight is 554 g/mol. The summed E-state index contributed by atoms with van der Waals surface area (Å²) in [7, 11) is 0. The van der Waals surface area contributed by atoms with Crippen molar-refractivity contribution < 1.29 is 68.8 Å². The predicted octanol–water partition coefficient (Wildman–Crippen LogP) is -0.643. The van der Waals surface area contributed by atoms with E-state index in [2.05, 4.69) is 0 Å². The molecule has 0 bridgehead atoms. The van der Waals surface area contributed by atoms with E-state index in [1.807, 2.05) is 0 Å². The zero-order chi connectivity index (χ0) is 7.15. The Kier molecular flexibility index (Phi) is 38.0. The van der Waals surface area contributed by atoms with Gasteiger partial charge < -0.3 is 0 Å². The molecule has 0 fully saturated rings. The molecule has 0 aromatic heterocycles. The minimum absolute atomic E-state index is 0. The molecule has 0 rings (SSSR count). The van der Waals surface area contributed by atoms with Crippen LogP contribution in [0.1, 0.15) is 0 Å². The van der Waals surface area contributed by atoms with Crippen molar-refractivity contribution in [1.29, 1.82) is 0 Å². The predicted molar refractivity (Wildman–Crippen MR) is 26.8 cm³/mol. The van der Waals surface area contributed by atoms with Gasteiger partial charge in [0.15, 0.2) is 0 Å². The number of rotatable bonds is 0. The van der Waals surface area contributed by atoms with Crippen molar-refractivity contribution in [2.75, 3.05) is 0 Å². The first kappa shape index (κ1) is 22.5. The molecule has 10 heavy (non-hydrogen) atoms. The van der Waals surface area contributed by atoms with Crippen LogP contribution in [0.5, 0.6) is 0 Å². The maximum Gasteiger partial charge on any atom is 0.299 e. The van der Waals surface area contributed by atoms with Crippen molar-refractivity contribution in [2.45, 2.75) is 0 Å². The van der Waals surface area contributed by atoms with Crippen LogP contribution < -0.4 is 0 Å². The summed E-state index contributed by atoms with van der Waals surface area (Å²) >= 11 is -5.22. The molecule has 0 aliphatic rings. The topological polar surface area (TPSA) is 115 Å². The van der Waals surface area contributed by atoms with Gasteiger partial charge in [-0.3, -0.25) is 18.2 Å². The number of hydrogen-bond acceptors (Lipinski definition) is 2. The molecule has 0 saturated carbocycles. The monoisotopic (exact) mass is 554 g/mol. The van der Waals surface area contributed by atoms with Gasteiger partial charge in [-0.05, 0) is 0 Å². The van der Waals surface area contributed by atoms with E-state index in [4.69, 9.17) is 26.6 Å². The molecular weight excluding hydrogens is 550 g/mol. The maximum absolute atomic E-state index is 8.67. The Morgan fingerprint density at radius 1 is 0.700 bits per heavy atom. The van der Waals surface area contributed by atoms with Crippen LogP contribution in [-0.2, 0) is 64.9 Å². The Labute approximate surface area is 90.9 Å². The molecule has 0 heterocycles. The van der Waals surface area contributed by atoms with E-state index in [-0.39, 0.29) is 42.1 Å². The average Bonchev–Trinajstić information content (AvgIpc) is 1.25. The Hall–Kier alpha value is 1.52. The Balaban J connectivity index is -0.0000000300. The van der Waals surface area contributed by atoms with Gasteiger partial charge in [0.05, 0.1) is 0 Å². The van der Waals surface area contributed by atoms with E-state index in [9.17, 15) is 0 Å². The van der Waals surface area contributed by atoms with Crippen molar-refractivity contribution in [3.63, 3.8) is 0 Å². The van der Waals surface area contributed by atoms with Crippen LogP contribution in [0.15, 0.2) is 0 Å². The molecule has 72 valence electrons. The number of hydrogen-bond donors (Lipinski definition) is 4. The quantitative estimate of drug-likeness (QED) is 0.297. The van der Waals surface area contributed by atoms with Crippen LogP contribution in [-0.4, -0.2) is 26.6 Å². The van der Waals surface area contributed by atoms with Crippen molar-refractivity contribution in [3.05, 3.63) is 0 Å². The Morgan fingerprint density at radius 2 is 0.700 bits per heavy atom. The minimum Gasteiger partial charge on any atom is -0.284 e. The minimum atomic E-state index is -2.61. The van der Waals surface area contributed by atoms with Crippen LogP contribution in [0.2, 0.25) is 0 Å². The van der Waals surface area contributed by atoms with Gasteiger partial charge in [-0.15, -0.1) is 0 Å². The third-order valence-electron chi connectivity index (χ3n) is 0. The largest absolute Gasteiger partial charge is 0.299 e. The summed E-state index contributed by atoms with van der Waals surface area (Å²) in [6.07, 6.45) is 0. The molecule has 0 aromatic carbocycles. The fourth-order valence-corrected chi connectivity index (χ4v) is 0. The molecule has 0 atom stereocenters. The molecular formula is H4O6Pt2S2. The van der Waals surface area contributed by atoms with E-state index in [1.54, 1.807) is 0 Å². The van der Waals surface area contributed by atoms with Crippen molar-refractivity contribution in [2.24, 2.45) is 0 Å². The zero-order valence-electron chi connectivity index (χ0n) is 4.05. The Morgan fingerprint density at radius 3 is 0.700 bits per heavy atom. The summed E-state index contributed by atoms with van der Waals surface area (Å²) < 4.78 is 45.7. The van der Waals surface area contributed by atoms with E-state index in [0.717, 1.165) is 0 Å². The molecule has 0 radical (unpaired) electrons. The molecule has 0 saturated heterocycles. The molecule has 0 amide bonds. The van der Waals surface area contributed by atoms with Crippen LogP contribution >= 0.6 is 0 Å². The molecule has 4 N–H and O–H groups in total. The third kappa shape index (κ3) is 300. The molecule has 0 aliphatic carbocycles. The Bertz CT molecular complexity index is 71.7. The smallest absolute Gasteiger partial charge is 0.284 e. The summed E-state index contributed by atoms with van der Waals surface area (Å²) in [6.45, 7) is 0. The maximum atomic E-state index is 8.67. The van der Waals surface area contributed by atoms with Gasteiger partial charge in [0.1, 0.15) is 0 Å². The van der Waals surface area contributed by atoms with E-state index >= 15 is 0 Å². The summed E-state index contributed by atoms with van der Waals surface area (Å²) in [4.78, 5) is 0. The van der Waals surface area contributed by atoms with Gasteiger partial charge in [0.25, 0.3) is 22.7 Å². The SMILES string of the molecule is O=S(O)O.O=S(O)O.[Pt].[Pt]. The van der Waals surface area contributed by atoms with Crippen molar-refractivity contribution in [1.82, 2.24) is 0 Å². The summed E-state index contributed by atoms with van der Waals surface area (Å²) in [5.41, 5.74) is 0. The molecule has 0 aliphatic heterocycles. The van der Waals surface area contributed by atoms with Gasteiger partial charge in [0, 0.05) is 42.1 Å². The summed E-state index contributed by atoms with van der Waals surface area (Å²) in [6, 6.07) is 0. The second-order valence-electron chi connectivity index (χ2n) is 0.461.